The number of hydrogen-bond acceptors (Lipinski definition) is 2. The Hall–Kier alpha value is -1.46. The number of aromatic amines is 1. The summed E-state index contributed by atoms with van der Waals surface area (Å²) in [5.41, 5.74) is 4.19. The summed E-state index contributed by atoms with van der Waals surface area (Å²) in [5.74, 6) is -0.252. The van der Waals surface area contributed by atoms with Crippen molar-refractivity contribution in [2.75, 3.05) is 0 Å². The van der Waals surface area contributed by atoms with E-state index in [1.807, 2.05) is 4.57 Å². The van der Waals surface area contributed by atoms with Gasteiger partial charge in [-0.1, -0.05) is 0 Å². The number of thiophene rings is 1. The standard InChI is InChI=1S/C13H11FN2S2/c1-8-6-18-7-9(8)5-16-12-3-2-10(14)4-11(12)15-13(16)17/h2-4,6-7H,5H2,1H3,(H,15,17). The van der Waals surface area contributed by atoms with Gasteiger partial charge < -0.3 is 9.55 Å². The quantitative estimate of drug-likeness (QED) is 0.695. The minimum atomic E-state index is -0.252. The summed E-state index contributed by atoms with van der Waals surface area (Å²) in [5, 5.41) is 4.24. The number of halogens is 1. The zero-order chi connectivity index (χ0) is 12.7. The van der Waals surface area contributed by atoms with E-state index in [-0.39, 0.29) is 5.82 Å². The van der Waals surface area contributed by atoms with Crippen molar-refractivity contribution in [3.8, 4) is 0 Å². The van der Waals surface area contributed by atoms with Crippen LogP contribution in [0, 0.1) is 17.5 Å². The Morgan fingerprint density at radius 1 is 1.39 bits per heavy atom. The van der Waals surface area contributed by atoms with E-state index < -0.39 is 0 Å². The lowest BCUT2D eigenvalue weighted by atomic mass is 10.2. The van der Waals surface area contributed by atoms with Crippen molar-refractivity contribution in [1.82, 2.24) is 9.55 Å². The molecule has 0 atom stereocenters. The topological polar surface area (TPSA) is 20.7 Å². The van der Waals surface area contributed by atoms with Crippen LogP contribution in [0.4, 0.5) is 4.39 Å². The molecule has 3 aromatic rings. The number of aryl methyl sites for hydroxylation is 1. The zero-order valence-corrected chi connectivity index (χ0v) is 11.4. The maximum atomic E-state index is 13.2. The molecular weight excluding hydrogens is 267 g/mol. The number of nitrogens with one attached hydrogen (secondary N) is 1. The van der Waals surface area contributed by atoms with Gasteiger partial charge in [0.1, 0.15) is 5.82 Å². The first-order chi connectivity index (χ1) is 8.65. The first-order valence-electron chi connectivity index (χ1n) is 5.55. The molecule has 92 valence electrons. The molecule has 0 radical (unpaired) electrons. The van der Waals surface area contributed by atoms with Gasteiger partial charge in [-0.25, -0.2) is 4.39 Å². The van der Waals surface area contributed by atoms with E-state index in [0.29, 0.717) is 4.77 Å². The summed E-state index contributed by atoms with van der Waals surface area (Å²) in [7, 11) is 0. The largest absolute Gasteiger partial charge is 0.330 e. The average molecular weight is 278 g/mol. The fourth-order valence-corrected chi connectivity index (χ4v) is 3.13. The molecular formula is C13H11FN2S2. The van der Waals surface area contributed by atoms with Gasteiger partial charge in [0.15, 0.2) is 4.77 Å². The Morgan fingerprint density at radius 2 is 2.22 bits per heavy atom. The zero-order valence-electron chi connectivity index (χ0n) is 9.74. The van der Waals surface area contributed by atoms with Crippen LogP contribution in [0.15, 0.2) is 29.0 Å². The van der Waals surface area contributed by atoms with Gasteiger partial charge in [-0.05, 0) is 59.2 Å². The molecule has 0 fully saturated rings. The van der Waals surface area contributed by atoms with Crippen LogP contribution in [0.1, 0.15) is 11.1 Å². The third-order valence-electron chi connectivity index (χ3n) is 3.03. The average Bonchev–Trinajstić information content (AvgIpc) is 2.85. The van der Waals surface area contributed by atoms with Gasteiger partial charge in [0, 0.05) is 0 Å². The maximum absolute atomic E-state index is 13.2. The van der Waals surface area contributed by atoms with E-state index >= 15 is 0 Å². The second-order valence-electron chi connectivity index (χ2n) is 4.26. The fraction of sp³-hybridized carbons (Fsp3) is 0.154. The molecule has 0 unspecified atom stereocenters. The lowest BCUT2D eigenvalue weighted by Gasteiger charge is -2.04. The number of rotatable bonds is 2. The summed E-state index contributed by atoms with van der Waals surface area (Å²) >= 11 is 6.99. The molecule has 3 rings (SSSR count). The first kappa shape index (κ1) is 11.6. The fourth-order valence-electron chi connectivity index (χ4n) is 2.01. The molecule has 0 bridgehead atoms. The second kappa shape index (κ2) is 4.33. The predicted molar refractivity (Wildman–Crippen MR) is 75.2 cm³/mol. The number of imidazole rings is 1. The molecule has 0 saturated carbocycles. The molecule has 1 aromatic carbocycles. The van der Waals surface area contributed by atoms with Gasteiger partial charge in [-0.3, -0.25) is 0 Å². The number of nitrogens with zero attached hydrogens (tertiary/aromatic N) is 1. The van der Waals surface area contributed by atoms with Crippen LogP contribution < -0.4 is 0 Å². The highest BCUT2D eigenvalue weighted by Crippen LogP contribution is 2.20. The first-order valence-corrected chi connectivity index (χ1v) is 6.90. The van der Waals surface area contributed by atoms with Crippen molar-refractivity contribution < 1.29 is 4.39 Å². The lowest BCUT2D eigenvalue weighted by molar-refractivity contribution is 0.629. The molecule has 2 heterocycles. The van der Waals surface area contributed by atoms with E-state index in [0.717, 1.165) is 17.6 Å². The van der Waals surface area contributed by atoms with E-state index in [2.05, 4.69) is 22.7 Å². The van der Waals surface area contributed by atoms with E-state index in [1.54, 1.807) is 17.4 Å². The molecule has 2 aromatic heterocycles. The molecule has 0 aliphatic heterocycles. The SMILES string of the molecule is Cc1cscc1Cn1c(=S)[nH]c2cc(F)ccc21. The van der Waals surface area contributed by atoms with Crippen LogP contribution >= 0.6 is 23.6 Å². The Morgan fingerprint density at radius 3 is 2.94 bits per heavy atom. The predicted octanol–water partition coefficient (Wildman–Crippen LogP) is 4.26. The highest BCUT2D eigenvalue weighted by atomic mass is 32.1. The lowest BCUT2D eigenvalue weighted by Crippen LogP contribution is -1.99. The number of H-pyrrole nitrogens is 1. The number of hydrogen-bond donors (Lipinski definition) is 1. The van der Waals surface area contributed by atoms with Crippen molar-refractivity contribution in [3.63, 3.8) is 0 Å². The van der Waals surface area contributed by atoms with Crippen LogP contribution in [0.5, 0.6) is 0 Å². The van der Waals surface area contributed by atoms with E-state index in [9.17, 15) is 4.39 Å². The van der Waals surface area contributed by atoms with Crippen LogP contribution in [0.25, 0.3) is 11.0 Å². The maximum Gasteiger partial charge on any atom is 0.178 e. The molecule has 0 aliphatic carbocycles. The van der Waals surface area contributed by atoms with Crippen LogP contribution in [-0.4, -0.2) is 9.55 Å². The van der Waals surface area contributed by atoms with Crippen LogP contribution in [0.2, 0.25) is 0 Å². The molecule has 0 saturated heterocycles. The molecule has 0 aliphatic rings. The van der Waals surface area contributed by atoms with Crippen molar-refractivity contribution in [3.05, 3.63) is 50.7 Å². The normalized spacial score (nSPS) is 11.2. The Labute approximate surface area is 113 Å². The number of aromatic nitrogens is 2. The summed E-state index contributed by atoms with van der Waals surface area (Å²) in [6, 6.07) is 4.70. The number of benzene rings is 1. The Kier molecular flexibility index (Phi) is 2.80. The van der Waals surface area contributed by atoms with Gasteiger partial charge in [0.25, 0.3) is 0 Å². The van der Waals surface area contributed by atoms with Crippen LogP contribution in [-0.2, 0) is 6.54 Å². The van der Waals surface area contributed by atoms with Crippen molar-refractivity contribution in [2.45, 2.75) is 13.5 Å². The van der Waals surface area contributed by atoms with Gasteiger partial charge in [0.2, 0.25) is 0 Å². The molecule has 0 spiro atoms. The third-order valence-corrected chi connectivity index (χ3v) is 4.26. The second-order valence-corrected chi connectivity index (χ2v) is 5.39. The highest BCUT2D eigenvalue weighted by molar-refractivity contribution is 7.71. The minimum absolute atomic E-state index is 0.252. The monoisotopic (exact) mass is 278 g/mol. The van der Waals surface area contributed by atoms with Gasteiger partial charge in [0.05, 0.1) is 17.6 Å². The van der Waals surface area contributed by atoms with Gasteiger partial charge in [-0.2, -0.15) is 11.3 Å². The third kappa shape index (κ3) is 1.89. The molecule has 2 nitrogen and oxygen atoms in total. The summed E-state index contributed by atoms with van der Waals surface area (Å²) in [6.07, 6.45) is 0. The smallest absolute Gasteiger partial charge is 0.178 e. The Bertz CT molecular complexity index is 767. The molecule has 0 amide bonds. The van der Waals surface area contributed by atoms with Crippen molar-refractivity contribution in [2.24, 2.45) is 0 Å². The highest BCUT2D eigenvalue weighted by Gasteiger charge is 2.07. The minimum Gasteiger partial charge on any atom is -0.330 e. The van der Waals surface area contributed by atoms with Gasteiger partial charge in [-0.15, -0.1) is 0 Å². The van der Waals surface area contributed by atoms with E-state index in [4.69, 9.17) is 12.2 Å². The summed E-state index contributed by atoms with van der Waals surface area (Å²) < 4.78 is 15.8. The van der Waals surface area contributed by atoms with Crippen molar-refractivity contribution >= 4 is 34.6 Å². The summed E-state index contributed by atoms with van der Waals surface area (Å²) in [6.45, 7) is 2.81. The Balaban J connectivity index is 2.15. The summed E-state index contributed by atoms with van der Waals surface area (Å²) in [4.78, 5) is 3.04. The number of fused-ring (bicyclic) bond motifs is 1. The molecule has 5 heteroatoms. The molecule has 1 N–H and O–H groups in total. The van der Waals surface area contributed by atoms with Crippen LogP contribution in [0.3, 0.4) is 0 Å². The van der Waals surface area contributed by atoms with Gasteiger partial charge >= 0.3 is 0 Å². The van der Waals surface area contributed by atoms with Crippen molar-refractivity contribution in [1.29, 1.82) is 0 Å². The molecule has 18 heavy (non-hydrogen) atoms. The van der Waals surface area contributed by atoms with E-state index in [1.165, 1.54) is 23.3 Å².